The third-order valence-corrected chi connectivity index (χ3v) is 6.27. The molecule has 1 saturated heterocycles. The van der Waals surface area contributed by atoms with Crippen LogP contribution in [0.2, 0.25) is 10.0 Å². The quantitative estimate of drug-likeness (QED) is 0.789. The predicted octanol–water partition coefficient (Wildman–Crippen LogP) is 2.21. The van der Waals surface area contributed by atoms with Gasteiger partial charge in [-0.3, -0.25) is 9.69 Å². The second kappa shape index (κ2) is 7.36. The number of hydrogen-bond donors (Lipinski definition) is 2. The third-order valence-electron chi connectivity index (χ3n) is 4.11. The van der Waals surface area contributed by atoms with Gasteiger partial charge in [0.25, 0.3) is 0 Å². The van der Waals surface area contributed by atoms with Crippen LogP contribution in [-0.2, 0) is 14.8 Å². The first kappa shape index (κ1) is 18.5. The van der Waals surface area contributed by atoms with Crippen molar-refractivity contribution in [3.8, 4) is 0 Å². The summed E-state index contributed by atoms with van der Waals surface area (Å²) in [4.78, 5) is 12.8. The first-order valence-electron chi connectivity index (χ1n) is 7.09. The van der Waals surface area contributed by atoms with Crippen LogP contribution in [-0.4, -0.2) is 50.1 Å². The Morgan fingerprint density at radius 3 is 2.57 bits per heavy atom. The number of likely N-dealkylation sites (N-methyl/N-ethyl adjacent to an activating group) is 1. The van der Waals surface area contributed by atoms with Gasteiger partial charge in [-0.05, 0) is 38.1 Å². The normalized spacial score (nSPS) is 22.4. The third kappa shape index (κ3) is 4.58. The molecule has 0 aliphatic carbocycles. The van der Waals surface area contributed by atoms with E-state index in [1.165, 1.54) is 18.2 Å². The van der Waals surface area contributed by atoms with Gasteiger partial charge in [0.2, 0.25) is 10.0 Å². The molecule has 0 bridgehead atoms. The molecule has 0 aromatic heterocycles. The first-order chi connectivity index (χ1) is 10.7. The Kier molecular flexibility index (Phi) is 5.91. The molecule has 1 aliphatic rings. The number of benzene rings is 1. The van der Waals surface area contributed by atoms with Crippen LogP contribution in [0.15, 0.2) is 23.1 Å². The molecule has 1 fully saturated rings. The summed E-state index contributed by atoms with van der Waals surface area (Å²) in [5.74, 6) is -0.848. The van der Waals surface area contributed by atoms with Crippen molar-refractivity contribution in [1.29, 1.82) is 0 Å². The number of carboxylic acid groups (broad SMARTS) is 1. The van der Waals surface area contributed by atoms with Gasteiger partial charge in [0.05, 0.1) is 21.4 Å². The number of carboxylic acids is 1. The lowest BCUT2D eigenvalue weighted by molar-refractivity contribution is -0.138. The fourth-order valence-electron chi connectivity index (χ4n) is 2.72. The van der Waals surface area contributed by atoms with Crippen molar-refractivity contribution >= 4 is 39.2 Å². The summed E-state index contributed by atoms with van der Waals surface area (Å²) in [5, 5.41) is 9.34. The fraction of sp³-hybridized carbons (Fsp3) is 0.500. The van der Waals surface area contributed by atoms with Gasteiger partial charge in [-0.2, -0.15) is 0 Å². The topological polar surface area (TPSA) is 86.7 Å². The Balaban J connectivity index is 1.99. The Hall–Kier alpha value is -0.860. The molecule has 6 nitrogen and oxygen atoms in total. The second-order valence-corrected chi connectivity index (χ2v) is 8.16. The Morgan fingerprint density at radius 2 is 1.96 bits per heavy atom. The molecule has 2 atom stereocenters. The molecule has 23 heavy (non-hydrogen) atoms. The van der Waals surface area contributed by atoms with Crippen molar-refractivity contribution in [2.75, 3.05) is 13.6 Å². The van der Waals surface area contributed by atoms with Gasteiger partial charge >= 0.3 is 5.97 Å². The highest BCUT2D eigenvalue weighted by atomic mass is 35.5. The Morgan fingerprint density at radius 1 is 1.30 bits per heavy atom. The standard InChI is InChI=1S/C14H18Cl2N2O4S/c1-18-9(6-14(19)20)2-3-10(18)8-17-23(21,22)11-4-5-12(15)13(16)7-11/h4-5,7,9-10,17H,2-3,6,8H2,1H3,(H,19,20)/t9-,10+/m1/s1. The molecule has 2 rings (SSSR count). The summed E-state index contributed by atoms with van der Waals surface area (Å²) in [6, 6.07) is 4.03. The molecule has 128 valence electrons. The maximum absolute atomic E-state index is 12.3. The number of rotatable bonds is 6. The van der Waals surface area contributed by atoms with E-state index >= 15 is 0 Å². The SMILES string of the molecule is CN1[C@@H](CC(=O)O)CC[C@H]1CNS(=O)(=O)c1ccc(Cl)c(Cl)c1. The minimum atomic E-state index is -3.69. The molecule has 1 aromatic rings. The van der Waals surface area contributed by atoms with E-state index < -0.39 is 16.0 Å². The van der Waals surface area contributed by atoms with Crippen molar-refractivity contribution < 1.29 is 18.3 Å². The monoisotopic (exact) mass is 380 g/mol. The maximum Gasteiger partial charge on any atom is 0.304 e. The van der Waals surface area contributed by atoms with Crippen molar-refractivity contribution in [3.05, 3.63) is 28.2 Å². The minimum Gasteiger partial charge on any atom is -0.481 e. The predicted molar refractivity (Wildman–Crippen MR) is 88.5 cm³/mol. The molecular formula is C14H18Cl2N2O4S. The summed E-state index contributed by atoms with van der Waals surface area (Å²) in [5.41, 5.74) is 0. The average molecular weight is 381 g/mol. The van der Waals surface area contributed by atoms with E-state index in [0.717, 1.165) is 12.8 Å². The van der Waals surface area contributed by atoms with Crippen LogP contribution >= 0.6 is 23.2 Å². The molecule has 1 aromatic carbocycles. The van der Waals surface area contributed by atoms with Crippen LogP contribution < -0.4 is 4.72 Å². The van der Waals surface area contributed by atoms with E-state index in [1.807, 2.05) is 11.9 Å². The number of likely N-dealkylation sites (tertiary alicyclic amines) is 1. The maximum atomic E-state index is 12.3. The first-order valence-corrected chi connectivity index (χ1v) is 9.33. The van der Waals surface area contributed by atoms with Gasteiger partial charge in [0, 0.05) is 18.6 Å². The lowest BCUT2D eigenvalue weighted by Crippen LogP contribution is -2.41. The van der Waals surface area contributed by atoms with Crippen LogP contribution in [0, 0.1) is 0 Å². The summed E-state index contributed by atoms with van der Waals surface area (Å²) < 4.78 is 27.1. The van der Waals surface area contributed by atoms with E-state index in [2.05, 4.69) is 4.72 Å². The average Bonchev–Trinajstić information content (AvgIpc) is 2.80. The number of halogens is 2. The molecule has 1 aliphatic heterocycles. The fourth-order valence-corrected chi connectivity index (χ4v) is 4.18. The smallest absolute Gasteiger partial charge is 0.304 e. The van der Waals surface area contributed by atoms with Crippen LogP contribution in [0.5, 0.6) is 0 Å². The van der Waals surface area contributed by atoms with E-state index in [0.29, 0.717) is 0 Å². The molecule has 0 amide bonds. The minimum absolute atomic E-state index is 0.0307. The van der Waals surface area contributed by atoms with Crippen LogP contribution in [0.25, 0.3) is 0 Å². The molecule has 0 spiro atoms. The van der Waals surface area contributed by atoms with Crippen LogP contribution in [0.1, 0.15) is 19.3 Å². The van der Waals surface area contributed by atoms with E-state index in [9.17, 15) is 13.2 Å². The van der Waals surface area contributed by atoms with Crippen LogP contribution in [0.4, 0.5) is 0 Å². The van der Waals surface area contributed by atoms with Gasteiger partial charge in [-0.1, -0.05) is 23.2 Å². The van der Waals surface area contributed by atoms with Gasteiger partial charge in [0.15, 0.2) is 0 Å². The number of aliphatic carboxylic acids is 1. The highest BCUT2D eigenvalue weighted by Gasteiger charge is 2.32. The largest absolute Gasteiger partial charge is 0.481 e. The molecule has 1 heterocycles. The van der Waals surface area contributed by atoms with Gasteiger partial charge < -0.3 is 5.11 Å². The van der Waals surface area contributed by atoms with E-state index in [-0.39, 0.29) is 40.0 Å². The van der Waals surface area contributed by atoms with Crippen molar-refractivity contribution in [2.45, 2.75) is 36.2 Å². The lowest BCUT2D eigenvalue weighted by Gasteiger charge is -2.25. The summed E-state index contributed by atoms with van der Waals surface area (Å²) in [6.07, 6.45) is 1.55. The highest BCUT2D eigenvalue weighted by molar-refractivity contribution is 7.89. The van der Waals surface area contributed by atoms with Gasteiger partial charge in [-0.25, -0.2) is 13.1 Å². The van der Waals surface area contributed by atoms with Gasteiger partial charge in [-0.15, -0.1) is 0 Å². The molecule has 2 N–H and O–H groups in total. The van der Waals surface area contributed by atoms with E-state index in [4.69, 9.17) is 28.3 Å². The molecule has 0 saturated carbocycles. The van der Waals surface area contributed by atoms with Crippen molar-refractivity contribution in [3.63, 3.8) is 0 Å². The second-order valence-electron chi connectivity index (χ2n) is 5.58. The van der Waals surface area contributed by atoms with Gasteiger partial charge in [0.1, 0.15) is 0 Å². The number of sulfonamides is 1. The van der Waals surface area contributed by atoms with Crippen molar-refractivity contribution in [1.82, 2.24) is 9.62 Å². The Bertz CT molecular complexity index is 696. The van der Waals surface area contributed by atoms with Crippen molar-refractivity contribution in [2.24, 2.45) is 0 Å². The molecule has 0 unspecified atom stereocenters. The zero-order valence-electron chi connectivity index (χ0n) is 12.5. The zero-order valence-corrected chi connectivity index (χ0v) is 14.8. The molecule has 0 radical (unpaired) electrons. The summed E-state index contributed by atoms with van der Waals surface area (Å²) in [6.45, 7) is 0.217. The zero-order chi connectivity index (χ0) is 17.2. The lowest BCUT2D eigenvalue weighted by atomic mass is 10.1. The summed E-state index contributed by atoms with van der Waals surface area (Å²) >= 11 is 11.6. The molecule has 9 heteroatoms. The van der Waals surface area contributed by atoms with E-state index in [1.54, 1.807) is 0 Å². The number of hydrogen-bond acceptors (Lipinski definition) is 4. The molecular weight excluding hydrogens is 363 g/mol. The number of nitrogens with zero attached hydrogens (tertiary/aromatic N) is 1. The number of carbonyl (C=O) groups is 1. The highest BCUT2D eigenvalue weighted by Crippen LogP contribution is 2.26. The van der Waals surface area contributed by atoms with Crippen LogP contribution in [0.3, 0.4) is 0 Å². The Labute approximate surface area is 145 Å². The summed E-state index contributed by atoms with van der Waals surface area (Å²) in [7, 11) is -1.87. The number of nitrogens with one attached hydrogen (secondary N) is 1.